The molecule has 0 unspecified atom stereocenters. The molecule has 1 N–H and O–H groups in total. The smallest absolute Gasteiger partial charge is 0.120 e. The minimum atomic E-state index is 0.558. The van der Waals surface area contributed by atoms with Gasteiger partial charge >= 0.3 is 0 Å². The topological polar surface area (TPSA) is 28.4 Å². The minimum absolute atomic E-state index is 0.558. The molecule has 0 amide bonds. The van der Waals surface area contributed by atoms with Crippen LogP contribution in [-0.2, 0) is 13.1 Å². The lowest BCUT2D eigenvalue weighted by Crippen LogP contribution is -2.29. The monoisotopic (exact) mass is 238 g/mol. The number of hydrogen-bond acceptors (Lipinski definition) is 3. The molecular formula is C14H26N2O. The summed E-state index contributed by atoms with van der Waals surface area (Å²) in [6.07, 6.45) is 0. The van der Waals surface area contributed by atoms with Crippen LogP contribution in [0.15, 0.2) is 10.5 Å². The molecule has 0 radical (unpaired) electrons. The quantitative estimate of drug-likeness (QED) is 0.791. The molecule has 0 saturated carbocycles. The molecule has 0 atom stereocenters. The van der Waals surface area contributed by atoms with Gasteiger partial charge in [-0.05, 0) is 45.5 Å². The number of hydrogen-bond donors (Lipinski definition) is 1. The van der Waals surface area contributed by atoms with Crippen molar-refractivity contribution in [3.8, 4) is 0 Å². The fourth-order valence-electron chi connectivity index (χ4n) is 1.94. The van der Waals surface area contributed by atoms with Crippen LogP contribution in [0.3, 0.4) is 0 Å². The molecule has 0 aromatic carbocycles. The lowest BCUT2D eigenvalue weighted by atomic mass is 10.2. The van der Waals surface area contributed by atoms with Crippen molar-refractivity contribution < 1.29 is 4.42 Å². The molecule has 3 nitrogen and oxygen atoms in total. The molecule has 1 aromatic heterocycles. The van der Waals surface area contributed by atoms with Gasteiger partial charge in [-0.2, -0.15) is 0 Å². The molecule has 0 bridgehead atoms. The molecule has 0 spiro atoms. The van der Waals surface area contributed by atoms with Gasteiger partial charge in [0.2, 0.25) is 0 Å². The first-order chi connectivity index (χ1) is 8.08. The molecule has 0 aliphatic rings. The highest BCUT2D eigenvalue weighted by Crippen LogP contribution is 2.17. The van der Waals surface area contributed by atoms with Crippen LogP contribution in [0.1, 0.15) is 44.8 Å². The van der Waals surface area contributed by atoms with E-state index in [1.807, 2.05) is 0 Å². The molecule has 1 heterocycles. The van der Waals surface area contributed by atoms with Gasteiger partial charge in [0.1, 0.15) is 11.5 Å². The molecule has 0 fully saturated rings. The summed E-state index contributed by atoms with van der Waals surface area (Å²) in [5.41, 5.74) is 1.25. The SMILES string of the molecule is CCNCc1oc(CN(CC)C(C)C)cc1C. The van der Waals surface area contributed by atoms with Gasteiger partial charge in [0.05, 0.1) is 13.1 Å². The third-order valence-electron chi connectivity index (χ3n) is 3.10. The van der Waals surface area contributed by atoms with Gasteiger partial charge < -0.3 is 9.73 Å². The molecule has 0 saturated heterocycles. The number of aryl methyl sites for hydroxylation is 1. The standard InChI is InChI=1S/C14H26N2O/c1-6-15-9-14-12(5)8-13(17-14)10-16(7-2)11(3)4/h8,11,15H,6-7,9-10H2,1-5H3. The molecule has 17 heavy (non-hydrogen) atoms. The van der Waals surface area contributed by atoms with Gasteiger partial charge in [-0.3, -0.25) is 4.90 Å². The zero-order chi connectivity index (χ0) is 12.8. The maximum absolute atomic E-state index is 5.89. The summed E-state index contributed by atoms with van der Waals surface area (Å²) >= 11 is 0. The molecule has 1 rings (SSSR count). The van der Waals surface area contributed by atoms with Crippen LogP contribution in [0.4, 0.5) is 0 Å². The molecular weight excluding hydrogens is 212 g/mol. The third-order valence-corrected chi connectivity index (χ3v) is 3.10. The van der Waals surface area contributed by atoms with Gasteiger partial charge in [-0.25, -0.2) is 0 Å². The van der Waals surface area contributed by atoms with Crippen molar-refractivity contribution in [2.75, 3.05) is 13.1 Å². The van der Waals surface area contributed by atoms with Crippen LogP contribution in [0.5, 0.6) is 0 Å². The van der Waals surface area contributed by atoms with Crippen LogP contribution in [0.2, 0.25) is 0 Å². The Hall–Kier alpha value is -0.800. The van der Waals surface area contributed by atoms with E-state index in [1.165, 1.54) is 5.56 Å². The number of nitrogens with one attached hydrogen (secondary N) is 1. The highest BCUT2D eigenvalue weighted by atomic mass is 16.3. The first-order valence-corrected chi connectivity index (χ1v) is 6.61. The molecule has 1 aromatic rings. The molecule has 98 valence electrons. The summed E-state index contributed by atoms with van der Waals surface area (Å²) in [5.74, 6) is 2.15. The number of furan rings is 1. The van der Waals surface area contributed by atoms with Gasteiger partial charge in [0.25, 0.3) is 0 Å². The second-order valence-corrected chi connectivity index (χ2v) is 4.76. The van der Waals surface area contributed by atoms with Gasteiger partial charge in [0.15, 0.2) is 0 Å². The summed E-state index contributed by atoms with van der Waals surface area (Å²) in [6, 6.07) is 2.72. The van der Waals surface area contributed by atoms with E-state index in [4.69, 9.17) is 4.42 Å². The normalized spacial score (nSPS) is 11.7. The second kappa shape index (κ2) is 6.82. The van der Waals surface area contributed by atoms with Crippen LogP contribution < -0.4 is 5.32 Å². The highest BCUT2D eigenvalue weighted by Gasteiger charge is 2.12. The Morgan fingerprint density at radius 2 is 2.06 bits per heavy atom. The van der Waals surface area contributed by atoms with Crippen molar-refractivity contribution in [3.63, 3.8) is 0 Å². The predicted molar refractivity (Wildman–Crippen MR) is 72.0 cm³/mol. The van der Waals surface area contributed by atoms with E-state index >= 15 is 0 Å². The summed E-state index contributed by atoms with van der Waals surface area (Å²) in [7, 11) is 0. The van der Waals surface area contributed by atoms with Crippen LogP contribution in [-0.4, -0.2) is 24.0 Å². The zero-order valence-corrected chi connectivity index (χ0v) is 11.8. The van der Waals surface area contributed by atoms with E-state index in [1.54, 1.807) is 0 Å². The summed E-state index contributed by atoms with van der Waals surface area (Å²) in [4.78, 5) is 2.40. The highest BCUT2D eigenvalue weighted by molar-refractivity contribution is 5.20. The lowest BCUT2D eigenvalue weighted by Gasteiger charge is -2.23. The van der Waals surface area contributed by atoms with Crippen LogP contribution >= 0.6 is 0 Å². The van der Waals surface area contributed by atoms with Gasteiger partial charge in [-0.1, -0.05) is 13.8 Å². The molecule has 0 aliphatic heterocycles. The maximum Gasteiger partial charge on any atom is 0.120 e. The fourth-order valence-corrected chi connectivity index (χ4v) is 1.94. The Bertz CT molecular complexity index is 331. The van der Waals surface area contributed by atoms with Crippen molar-refractivity contribution in [2.24, 2.45) is 0 Å². The Labute approximate surface area is 105 Å². The molecule has 0 aliphatic carbocycles. The zero-order valence-electron chi connectivity index (χ0n) is 11.8. The van der Waals surface area contributed by atoms with Crippen LogP contribution in [0.25, 0.3) is 0 Å². The Balaban J connectivity index is 2.65. The van der Waals surface area contributed by atoms with Crippen molar-refractivity contribution >= 4 is 0 Å². The van der Waals surface area contributed by atoms with Crippen molar-refractivity contribution in [1.29, 1.82) is 0 Å². The van der Waals surface area contributed by atoms with Crippen molar-refractivity contribution in [1.82, 2.24) is 10.2 Å². The maximum atomic E-state index is 5.89. The van der Waals surface area contributed by atoms with E-state index in [0.717, 1.165) is 37.7 Å². The Morgan fingerprint density at radius 3 is 2.59 bits per heavy atom. The summed E-state index contributed by atoms with van der Waals surface area (Å²) < 4.78 is 5.89. The van der Waals surface area contributed by atoms with E-state index in [9.17, 15) is 0 Å². The van der Waals surface area contributed by atoms with Crippen molar-refractivity contribution in [2.45, 2.75) is 53.8 Å². The average Bonchev–Trinajstić information content (AvgIpc) is 2.63. The Kier molecular flexibility index (Phi) is 5.72. The summed E-state index contributed by atoms with van der Waals surface area (Å²) in [6.45, 7) is 14.6. The van der Waals surface area contributed by atoms with E-state index in [2.05, 4.69) is 50.9 Å². The second-order valence-electron chi connectivity index (χ2n) is 4.76. The van der Waals surface area contributed by atoms with Crippen molar-refractivity contribution in [3.05, 3.63) is 23.2 Å². The fraction of sp³-hybridized carbons (Fsp3) is 0.714. The largest absolute Gasteiger partial charge is 0.463 e. The van der Waals surface area contributed by atoms with Gasteiger partial charge in [0, 0.05) is 6.04 Å². The number of rotatable bonds is 7. The summed E-state index contributed by atoms with van der Waals surface area (Å²) in [5, 5.41) is 3.30. The lowest BCUT2D eigenvalue weighted by molar-refractivity contribution is 0.205. The first kappa shape index (κ1) is 14.3. The molecule has 3 heteroatoms. The third kappa shape index (κ3) is 4.17. The van der Waals surface area contributed by atoms with E-state index < -0.39 is 0 Å². The Morgan fingerprint density at radius 1 is 1.35 bits per heavy atom. The van der Waals surface area contributed by atoms with Crippen LogP contribution in [0, 0.1) is 6.92 Å². The first-order valence-electron chi connectivity index (χ1n) is 6.61. The average molecular weight is 238 g/mol. The van der Waals surface area contributed by atoms with E-state index in [-0.39, 0.29) is 0 Å². The van der Waals surface area contributed by atoms with Gasteiger partial charge in [-0.15, -0.1) is 0 Å². The predicted octanol–water partition coefficient (Wildman–Crippen LogP) is 2.93. The number of nitrogens with zero attached hydrogens (tertiary/aromatic N) is 1. The minimum Gasteiger partial charge on any atom is -0.463 e. The van der Waals surface area contributed by atoms with E-state index in [0.29, 0.717) is 6.04 Å².